The second-order valence-corrected chi connectivity index (χ2v) is 5.34. The van der Waals surface area contributed by atoms with Crippen LogP contribution in [0.15, 0.2) is 24.3 Å². The van der Waals surface area contributed by atoms with E-state index >= 15 is 0 Å². The molecule has 24 heavy (non-hydrogen) atoms. The van der Waals surface area contributed by atoms with Crippen LogP contribution in [0.1, 0.15) is 54.4 Å². The summed E-state index contributed by atoms with van der Waals surface area (Å²) in [6.45, 7) is 1.97. The minimum absolute atomic E-state index is 0.0539. The van der Waals surface area contributed by atoms with E-state index in [2.05, 4.69) is 10.1 Å². The molecule has 0 bridgehead atoms. The lowest BCUT2D eigenvalue weighted by Crippen LogP contribution is -2.16. The Morgan fingerprint density at radius 3 is 2.00 bits per heavy atom. The van der Waals surface area contributed by atoms with Crippen molar-refractivity contribution in [2.75, 3.05) is 14.2 Å². The number of hydrogen-bond acceptors (Lipinski definition) is 4. The number of methoxy groups -OCH3 is 1. The second-order valence-electron chi connectivity index (χ2n) is 5.34. The third kappa shape index (κ3) is 11.2. The molecule has 134 valence electrons. The van der Waals surface area contributed by atoms with E-state index in [1.807, 2.05) is 19.1 Å². The zero-order chi connectivity index (χ0) is 18.4. The van der Waals surface area contributed by atoms with Crippen molar-refractivity contribution in [2.45, 2.75) is 45.4 Å². The molecule has 0 aliphatic heterocycles. The van der Waals surface area contributed by atoms with Gasteiger partial charge in [-0.2, -0.15) is 0 Å². The molecule has 0 atom stereocenters. The maximum Gasteiger partial charge on any atom is 0.337 e. The number of aryl methyl sites for hydroxylation is 1. The molecule has 1 aromatic rings. The fourth-order valence-electron chi connectivity index (χ4n) is 1.85. The lowest BCUT2D eigenvalue weighted by molar-refractivity contribution is -0.137. The predicted molar refractivity (Wildman–Crippen MR) is 91.9 cm³/mol. The summed E-state index contributed by atoms with van der Waals surface area (Å²) >= 11 is 0. The summed E-state index contributed by atoms with van der Waals surface area (Å²) in [7, 11) is 2.99. The molecule has 1 aromatic carbocycles. The highest BCUT2D eigenvalue weighted by atomic mass is 16.5. The van der Waals surface area contributed by atoms with Crippen LogP contribution in [0.3, 0.4) is 0 Å². The number of nitrogens with one attached hydrogen (secondary N) is 1. The van der Waals surface area contributed by atoms with Gasteiger partial charge in [-0.25, -0.2) is 4.79 Å². The number of rotatable bonds is 8. The molecular weight excluding hydrogens is 310 g/mol. The number of ether oxygens (including phenoxy) is 1. The van der Waals surface area contributed by atoms with Crippen molar-refractivity contribution >= 4 is 17.8 Å². The maximum absolute atomic E-state index is 10.9. The SMILES string of the molecule is CNC(=O)CCCCCCC(=O)O.COC(=O)c1ccc(C)cc1. The molecule has 2 N–H and O–H groups in total. The van der Waals surface area contributed by atoms with Crippen LogP contribution < -0.4 is 5.32 Å². The molecule has 0 aliphatic carbocycles. The van der Waals surface area contributed by atoms with Gasteiger partial charge in [-0.3, -0.25) is 9.59 Å². The summed E-state index contributed by atoms with van der Waals surface area (Å²) in [6, 6.07) is 7.26. The lowest BCUT2D eigenvalue weighted by Gasteiger charge is -1.99. The van der Waals surface area contributed by atoms with E-state index < -0.39 is 5.97 Å². The number of amides is 1. The molecule has 0 saturated heterocycles. The fourth-order valence-corrected chi connectivity index (χ4v) is 1.85. The van der Waals surface area contributed by atoms with Crippen LogP contribution in [-0.2, 0) is 14.3 Å². The summed E-state index contributed by atoms with van der Waals surface area (Å²) in [5.74, 6) is -0.977. The molecule has 1 amide bonds. The molecule has 0 aromatic heterocycles. The standard InChI is InChI=1S/C9H17NO3.C9H10O2/c1-10-8(11)6-4-2-3-5-7-9(12)13;1-7-3-5-8(6-4-7)9(10)11-2/h2-7H2,1H3,(H,10,11)(H,12,13);3-6H,1-2H3. The highest BCUT2D eigenvalue weighted by Gasteiger charge is 2.02. The van der Waals surface area contributed by atoms with Gasteiger partial charge < -0.3 is 15.2 Å². The molecule has 0 saturated carbocycles. The van der Waals surface area contributed by atoms with Gasteiger partial charge in [0.2, 0.25) is 5.91 Å². The first-order valence-electron chi connectivity index (χ1n) is 7.98. The van der Waals surface area contributed by atoms with Crippen molar-refractivity contribution in [2.24, 2.45) is 0 Å². The van der Waals surface area contributed by atoms with Crippen LogP contribution in [-0.4, -0.2) is 37.1 Å². The van der Waals surface area contributed by atoms with Gasteiger partial charge in [0.05, 0.1) is 12.7 Å². The number of carbonyl (C=O) groups excluding carboxylic acids is 2. The summed E-state index contributed by atoms with van der Waals surface area (Å²) in [6.07, 6.45) is 4.16. The first-order chi connectivity index (χ1) is 11.4. The quantitative estimate of drug-likeness (QED) is 0.562. The van der Waals surface area contributed by atoms with Crippen LogP contribution in [0.4, 0.5) is 0 Å². The molecular formula is C18H27NO5. The Morgan fingerprint density at radius 1 is 1.00 bits per heavy atom. The lowest BCUT2D eigenvalue weighted by atomic mass is 10.1. The van der Waals surface area contributed by atoms with E-state index in [0.29, 0.717) is 18.4 Å². The summed E-state index contributed by atoms with van der Waals surface area (Å²) in [5, 5.41) is 10.9. The Balaban J connectivity index is 0.000000446. The van der Waals surface area contributed by atoms with Crippen molar-refractivity contribution in [3.63, 3.8) is 0 Å². The maximum atomic E-state index is 10.9. The summed E-state index contributed by atoms with van der Waals surface area (Å²) in [4.78, 5) is 31.8. The second kappa shape index (κ2) is 13.1. The summed E-state index contributed by atoms with van der Waals surface area (Å²) < 4.78 is 4.54. The minimum Gasteiger partial charge on any atom is -0.481 e. The Kier molecular flexibility index (Phi) is 11.8. The van der Waals surface area contributed by atoms with E-state index in [4.69, 9.17) is 5.11 Å². The molecule has 6 nitrogen and oxygen atoms in total. The molecule has 1 rings (SSSR count). The van der Waals surface area contributed by atoms with Gasteiger partial charge >= 0.3 is 11.9 Å². The number of carbonyl (C=O) groups is 3. The average Bonchev–Trinajstić information content (AvgIpc) is 2.58. The zero-order valence-electron chi connectivity index (χ0n) is 14.6. The number of benzene rings is 1. The smallest absolute Gasteiger partial charge is 0.337 e. The first kappa shape index (κ1) is 21.6. The van der Waals surface area contributed by atoms with Crippen LogP contribution in [0.5, 0.6) is 0 Å². The molecule has 0 spiro atoms. The van der Waals surface area contributed by atoms with Crippen LogP contribution >= 0.6 is 0 Å². The number of hydrogen-bond donors (Lipinski definition) is 2. The zero-order valence-corrected chi connectivity index (χ0v) is 14.6. The molecule has 0 unspecified atom stereocenters. The monoisotopic (exact) mass is 337 g/mol. The van der Waals surface area contributed by atoms with E-state index in [-0.39, 0.29) is 18.3 Å². The molecule has 0 fully saturated rings. The third-order valence-corrected chi connectivity index (χ3v) is 3.30. The van der Waals surface area contributed by atoms with Gasteiger partial charge in [-0.1, -0.05) is 30.5 Å². The number of aliphatic carboxylic acids is 1. The van der Waals surface area contributed by atoms with E-state index in [9.17, 15) is 14.4 Å². The van der Waals surface area contributed by atoms with Crippen molar-refractivity contribution in [1.29, 1.82) is 0 Å². The topological polar surface area (TPSA) is 92.7 Å². The Labute approximate surface area is 143 Å². The predicted octanol–water partition coefficient (Wildman–Crippen LogP) is 2.94. The van der Waals surface area contributed by atoms with Crippen molar-refractivity contribution in [3.8, 4) is 0 Å². The highest BCUT2D eigenvalue weighted by Crippen LogP contribution is 2.05. The van der Waals surface area contributed by atoms with Gasteiger partial charge in [0.15, 0.2) is 0 Å². The van der Waals surface area contributed by atoms with Gasteiger partial charge in [0, 0.05) is 19.9 Å². The Morgan fingerprint density at radius 2 is 1.54 bits per heavy atom. The van der Waals surface area contributed by atoms with Gasteiger partial charge in [0.1, 0.15) is 0 Å². The van der Waals surface area contributed by atoms with Gasteiger partial charge in [-0.05, 0) is 31.9 Å². The number of carboxylic acid groups (broad SMARTS) is 1. The fraction of sp³-hybridized carbons (Fsp3) is 0.500. The Hall–Kier alpha value is -2.37. The molecule has 0 radical (unpaired) electrons. The average molecular weight is 337 g/mol. The van der Waals surface area contributed by atoms with Gasteiger partial charge in [0.25, 0.3) is 0 Å². The van der Waals surface area contributed by atoms with Crippen LogP contribution in [0.2, 0.25) is 0 Å². The van der Waals surface area contributed by atoms with Crippen molar-refractivity contribution in [1.82, 2.24) is 5.32 Å². The molecule has 6 heteroatoms. The molecule has 0 heterocycles. The molecule has 0 aliphatic rings. The van der Waals surface area contributed by atoms with Crippen molar-refractivity contribution < 1.29 is 24.2 Å². The van der Waals surface area contributed by atoms with E-state index in [1.54, 1.807) is 19.2 Å². The number of carboxylic acids is 1. The highest BCUT2D eigenvalue weighted by molar-refractivity contribution is 5.89. The van der Waals surface area contributed by atoms with E-state index in [1.165, 1.54) is 7.11 Å². The normalized spacial score (nSPS) is 9.46. The summed E-state index contributed by atoms with van der Waals surface area (Å²) in [5.41, 5.74) is 1.73. The largest absolute Gasteiger partial charge is 0.481 e. The van der Waals surface area contributed by atoms with Crippen LogP contribution in [0.25, 0.3) is 0 Å². The number of unbranched alkanes of at least 4 members (excludes halogenated alkanes) is 3. The van der Waals surface area contributed by atoms with Crippen molar-refractivity contribution in [3.05, 3.63) is 35.4 Å². The van der Waals surface area contributed by atoms with Gasteiger partial charge in [-0.15, -0.1) is 0 Å². The minimum atomic E-state index is -0.744. The first-order valence-corrected chi connectivity index (χ1v) is 7.98. The third-order valence-electron chi connectivity index (χ3n) is 3.30. The van der Waals surface area contributed by atoms with E-state index in [0.717, 1.165) is 24.8 Å². The number of esters is 1. The Bertz CT molecular complexity index is 511. The van der Waals surface area contributed by atoms with Crippen LogP contribution in [0, 0.1) is 6.92 Å².